The fourth-order valence-electron chi connectivity index (χ4n) is 4.52. The molecule has 0 aromatic heterocycles. The number of aryl methyl sites for hydroxylation is 2. The van der Waals surface area contributed by atoms with Crippen molar-refractivity contribution in [3.63, 3.8) is 0 Å². The predicted molar refractivity (Wildman–Crippen MR) is 160 cm³/mol. The molecule has 194 valence electrons. The molecule has 0 radical (unpaired) electrons. The first-order chi connectivity index (χ1) is 18.8. The van der Waals surface area contributed by atoms with Gasteiger partial charge in [0.1, 0.15) is 11.5 Å². The Morgan fingerprint density at radius 1 is 0.821 bits per heavy atom. The number of hydrogen-bond donors (Lipinski definition) is 1. The fourth-order valence-corrected chi connectivity index (χ4v) is 4.52. The van der Waals surface area contributed by atoms with E-state index >= 15 is 0 Å². The molecule has 4 aromatic rings. The Bertz CT molecular complexity index is 1570. The second-order valence-electron chi connectivity index (χ2n) is 9.73. The van der Waals surface area contributed by atoms with Crippen LogP contribution in [-0.2, 0) is 4.79 Å². The number of carbonyl (C=O) groups excluding carboxylic acids is 2. The number of amides is 2. The van der Waals surface area contributed by atoms with Crippen LogP contribution < -0.4 is 15.1 Å². The summed E-state index contributed by atoms with van der Waals surface area (Å²) in [4.78, 5) is 35.0. The smallest absolute Gasteiger partial charge is 0.282 e. The Kier molecular flexibility index (Phi) is 7.10. The van der Waals surface area contributed by atoms with Gasteiger partial charge < -0.3 is 10.2 Å². The molecular formula is C33H30N4O2. The molecule has 1 aliphatic rings. The summed E-state index contributed by atoms with van der Waals surface area (Å²) >= 11 is 0. The van der Waals surface area contributed by atoms with E-state index in [1.165, 1.54) is 0 Å². The minimum atomic E-state index is -0.224. The van der Waals surface area contributed by atoms with E-state index in [0.717, 1.165) is 33.6 Å². The maximum atomic E-state index is 13.7. The van der Waals surface area contributed by atoms with Gasteiger partial charge in [-0.15, -0.1) is 0 Å². The van der Waals surface area contributed by atoms with Crippen molar-refractivity contribution in [2.45, 2.75) is 13.8 Å². The van der Waals surface area contributed by atoms with E-state index in [0.29, 0.717) is 22.8 Å². The normalized spacial score (nSPS) is 13.9. The van der Waals surface area contributed by atoms with Crippen LogP contribution in [0.5, 0.6) is 0 Å². The largest absolute Gasteiger partial charge is 0.378 e. The van der Waals surface area contributed by atoms with Crippen molar-refractivity contribution in [1.82, 2.24) is 0 Å². The second kappa shape index (κ2) is 10.8. The Hall–Kier alpha value is -4.97. The molecule has 2 amide bonds. The molecule has 0 fully saturated rings. The van der Waals surface area contributed by atoms with E-state index in [1.54, 1.807) is 35.2 Å². The van der Waals surface area contributed by atoms with Crippen LogP contribution in [0.3, 0.4) is 0 Å². The molecule has 6 nitrogen and oxygen atoms in total. The number of nitrogens with zero attached hydrogens (tertiary/aromatic N) is 3. The molecule has 0 spiro atoms. The van der Waals surface area contributed by atoms with Crippen LogP contribution >= 0.6 is 0 Å². The second-order valence-corrected chi connectivity index (χ2v) is 9.73. The number of amidine groups is 1. The maximum absolute atomic E-state index is 13.7. The average Bonchev–Trinajstić information content (AvgIpc) is 3.27. The van der Waals surface area contributed by atoms with Crippen LogP contribution in [0.25, 0.3) is 6.08 Å². The third kappa shape index (κ3) is 5.36. The molecule has 5 rings (SSSR count). The van der Waals surface area contributed by atoms with E-state index in [2.05, 4.69) is 5.32 Å². The zero-order valence-electron chi connectivity index (χ0n) is 22.5. The first-order valence-corrected chi connectivity index (χ1v) is 12.8. The highest BCUT2D eigenvalue weighted by Crippen LogP contribution is 2.29. The molecule has 0 saturated carbocycles. The van der Waals surface area contributed by atoms with E-state index in [-0.39, 0.29) is 11.8 Å². The van der Waals surface area contributed by atoms with Gasteiger partial charge in [0.25, 0.3) is 11.8 Å². The lowest BCUT2D eigenvalue weighted by Crippen LogP contribution is -2.32. The van der Waals surface area contributed by atoms with Gasteiger partial charge >= 0.3 is 0 Å². The standard InChI is InChI=1S/C33H30N4O2/c1-22-9-8-10-23(2)30(22)35-32(38)26-15-19-28(20-16-26)37-31(25-11-6-5-7-12-25)34-29(33(37)39)21-24-13-17-27(18-14-24)36(3)4/h5-21H,1-4H3,(H,35,38)/b29-21-. The van der Waals surface area contributed by atoms with Crippen LogP contribution in [0.2, 0.25) is 0 Å². The molecule has 39 heavy (non-hydrogen) atoms. The topological polar surface area (TPSA) is 65.0 Å². The number of benzene rings is 4. The average molecular weight is 515 g/mol. The van der Waals surface area contributed by atoms with E-state index in [1.807, 2.05) is 106 Å². The summed E-state index contributed by atoms with van der Waals surface area (Å²) in [5.74, 6) is 0.119. The van der Waals surface area contributed by atoms with Crippen molar-refractivity contribution in [3.05, 3.63) is 131 Å². The van der Waals surface area contributed by atoms with Crippen LogP contribution in [0.4, 0.5) is 17.1 Å². The maximum Gasteiger partial charge on any atom is 0.282 e. The number of aliphatic imine (C=N–C) groups is 1. The number of hydrogen-bond acceptors (Lipinski definition) is 4. The lowest BCUT2D eigenvalue weighted by atomic mass is 10.1. The summed E-state index contributed by atoms with van der Waals surface area (Å²) < 4.78 is 0. The first kappa shape index (κ1) is 25.7. The van der Waals surface area contributed by atoms with Crippen LogP contribution in [0.15, 0.2) is 108 Å². The highest BCUT2D eigenvalue weighted by molar-refractivity contribution is 6.33. The zero-order valence-corrected chi connectivity index (χ0v) is 22.5. The summed E-state index contributed by atoms with van der Waals surface area (Å²) in [5.41, 5.74) is 7.10. The van der Waals surface area contributed by atoms with Crippen LogP contribution in [0, 0.1) is 13.8 Å². The Morgan fingerprint density at radius 3 is 2.08 bits per heavy atom. The first-order valence-electron chi connectivity index (χ1n) is 12.8. The number of para-hydroxylation sites is 1. The van der Waals surface area contributed by atoms with Gasteiger partial charge in [-0.05, 0) is 73.0 Å². The molecule has 0 atom stereocenters. The lowest BCUT2D eigenvalue weighted by molar-refractivity contribution is -0.113. The van der Waals surface area contributed by atoms with Gasteiger partial charge in [0, 0.05) is 36.6 Å². The molecule has 1 N–H and O–H groups in total. The molecule has 1 heterocycles. The van der Waals surface area contributed by atoms with Crippen molar-refractivity contribution in [2.24, 2.45) is 4.99 Å². The number of anilines is 3. The van der Waals surface area contributed by atoms with Gasteiger partial charge in [-0.3, -0.25) is 14.5 Å². The SMILES string of the molecule is Cc1cccc(C)c1NC(=O)c1ccc(N2C(=O)/C(=C/c3ccc(N(C)C)cc3)N=C2c2ccccc2)cc1. The monoisotopic (exact) mass is 514 g/mol. The van der Waals surface area contributed by atoms with Gasteiger partial charge in [0.15, 0.2) is 0 Å². The highest BCUT2D eigenvalue weighted by atomic mass is 16.2. The summed E-state index contributed by atoms with van der Waals surface area (Å²) in [7, 11) is 3.97. The molecule has 6 heteroatoms. The van der Waals surface area contributed by atoms with E-state index in [9.17, 15) is 9.59 Å². The molecule has 0 saturated heterocycles. The highest BCUT2D eigenvalue weighted by Gasteiger charge is 2.32. The van der Waals surface area contributed by atoms with Gasteiger partial charge in [0.2, 0.25) is 0 Å². The van der Waals surface area contributed by atoms with Crippen LogP contribution in [0.1, 0.15) is 32.6 Å². The summed E-state index contributed by atoms with van der Waals surface area (Å²) in [6, 6.07) is 30.5. The van der Waals surface area contributed by atoms with Crippen LogP contribution in [-0.4, -0.2) is 31.7 Å². The summed E-state index contributed by atoms with van der Waals surface area (Å²) in [6.07, 6.45) is 1.80. The summed E-state index contributed by atoms with van der Waals surface area (Å²) in [5, 5.41) is 3.02. The number of nitrogens with one attached hydrogen (secondary N) is 1. The van der Waals surface area contributed by atoms with E-state index < -0.39 is 0 Å². The third-order valence-electron chi connectivity index (χ3n) is 6.71. The number of carbonyl (C=O) groups is 2. The quantitative estimate of drug-likeness (QED) is 0.301. The third-order valence-corrected chi connectivity index (χ3v) is 6.71. The van der Waals surface area contributed by atoms with Gasteiger partial charge in [-0.1, -0.05) is 60.7 Å². The minimum absolute atomic E-state index is 0.203. The Labute approximate surface area is 228 Å². The molecule has 1 aliphatic heterocycles. The molecule has 4 aromatic carbocycles. The van der Waals surface area contributed by atoms with Gasteiger partial charge in [0.05, 0.1) is 5.69 Å². The van der Waals surface area contributed by atoms with Crippen molar-refractivity contribution in [2.75, 3.05) is 29.2 Å². The fraction of sp³-hybridized carbons (Fsp3) is 0.121. The predicted octanol–water partition coefficient (Wildman–Crippen LogP) is 6.46. The van der Waals surface area contributed by atoms with E-state index in [4.69, 9.17) is 4.99 Å². The van der Waals surface area contributed by atoms with Crippen molar-refractivity contribution in [1.29, 1.82) is 0 Å². The Morgan fingerprint density at radius 2 is 1.46 bits per heavy atom. The van der Waals surface area contributed by atoms with Crippen molar-refractivity contribution >= 4 is 40.8 Å². The molecule has 0 unspecified atom stereocenters. The van der Waals surface area contributed by atoms with Crippen molar-refractivity contribution in [3.8, 4) is 0 Å². The molecule has 0 bridgehead atoms. The molecule has 0 aliphatic carbocycles. The molecular weight excluding hydrogens is 484 g/mol. The zero-order chi connectivity index (χ0) is 27.5. The van der Waals surface area contributed by atoms with Crippen molar-refractivity contribution < 1.29 is 9.59 Å². The summed E-state index contributed by atoms with van der Waals surface area (Å²) in [6.45, 7) is 3.94. The number of rotatable bonds is 6. The van der Waals surface area contributed by atoms with Gasteiger partial charge in [-0.2, -0.15) is 0 Å². The lowest BCUT2D eigenvalue weighted by Gasteiger charge is -2.19. The van der Waals surface area contributed by atoms with Gasteiger partial charge in [-0.25, -0.2) is 4.99 Å². The minimum Gasteiger partial charge on any atom is -0.378 e. The Balaban J connectivity index is 1.45.